The lowest BCUT2D eigenvalue weighted by atomic mass is 9.91. The van der Waals surface area contributed by atoms with E-state index in [9.17, 15) is 9.59 Å². The fourth-order valence-corrected chi connectivity index (χ4v) is 2.37. The summed E-state index contributed by atoms with van der Waals surface area (Å²) in [6.07, 6.45) is 4.59. The van der Waals surface area contributed by atoms with Gasteiger partial charge in [-0.2, -0.15) is 0 Å². The third-order valence-electron chi connectivity index (χ3n) is 3.90. The van der Waals surface area contributed by atoms with E-state index in [1.54, 1.807) is 0 Å². The monoisotopic (exact) mass is 271 g/mol. The summed E-state index contributed by atoms with van der Waals surface area (Å²) in [4.78, 5) is 23.0. The highest BCUT2D eigenvalue weighted by Gasteiger charge is 2.28. The predicted molar refractivity (Wildman–Crippen MR) is 72.8 cm³/mol. The number of nitrogens with two attached hydrogens (primary N) is 1. The van der Waals surface area contributed by atoms with Gasteiger partial charge in [-0.3, -0.25) is 0 Å². The summed E-state index contributed by atoms with van der Waals surface area (Å²) in [5, 5.41) is 14.4. The van der Waals surface area contributed by atoms with Crippen LogP contribution < -0.4 is 16.4 Å². The molecule has 0 heterocycles. The van der Waals surface area contributed by atoms with Crippen LogP contribution in [0.5, 0.6) is 0 Å². The van der Waals surface area contributed by atoms with Gasteiger partial charge >= 0.3 is 12.0 Å². The number of carbonyl (C=O) groups is 2. The molecule has 4 atom stereocenters. The molecule has 0 aromatic carbocycles. The van der Waals surface area contributed by atoms with Crippen LogP contribution in [0.25, 0.3) is 0 Å². The summed E-state index contributed by atoms with van der Waals surface area (Å²) in [6, 6.07) is -1.38. The largest absolute Gasteiger partial charge is 0.480 e. The van der Waals surface area contributed by atoms with Crippen LogP contribution in [-0.4, -0.2) is 35.2 Å². The van der Waals surface area contributed by atoms with Gasteiger partial charge in [-0.25, -0.2) is 9.59 Å². The van der Waals surface area contributed by atoms with Crippen molar-refractivity contribution in [2.24, 2.45) is 11.7 Å². The Hall–Kier alpha value is -1.30. The maximum Gasteiger partial charge on any atom is 0.326 e. The molecule has 2 amide bonds. The third kappa shape index (κ3) is 4.70. The van der Waals surface area contributed by atoms with Gasteiger partial charge in [0.05, 0.1) is 0 Å². The molecule has 19 heavy (non-hydrogen) atoms. The SMILES string of the molecule is CC[C@H](C)[C@H](NC(=O)NC1CCCCC1N)C(=O)O. The number of nitrogens with one attached hydrogen (secondary N) is 2. The van der Waals surface area contributed by atoms with Gasteiger partial charge in [0, 0.05) is 12.1 Å². The van der Waals surface area contributed by atoms with E-state index in [1.807, 2.05) is 13.8 Å². The van der Waals surface area contributed by atoms with Crippen LogP contribution in [0.3, 0.4) is 0 Å². The number of hydrogen-bond acceptors (Lipinski definition) is 3. The average molecular weight is 271 g/mol. The van der Waals surface area contributed by atoms with Crippen LogP contribution in [0.1, 0.15) is 46.0 Å². The molecule has 0 aromatic rings. The molecule has 0 aliphatic heterocycles. The second-order valence-electron chi connectivity index (χ2n) is 5.37. The first-order valence-electron chi connectivity index (χ1n) is 7.01. The molecule has 6 heteroatoms. The molecule has 0 saturated heterocycles. The van der Waals surface area contributed by atoms with E-state index in [0.717, 1.165) is 25.7 Å². The standard InChI is InChI=1S/C13H25N3O3/c1-3-8(2)11(12(17)18)16-13(19)15-10-7-5-4-6-9(10)14/h8-11H,3-7,14H2,1-2H3,(H,17,18)(H2,15,16,19)/t8-,9?,10?,11-/m0/s1. The first kappa shape index (κ1) is 15.8. The maximum atomic E-state index is 11.9. The second kappa shape index (κ2) is 7.33. The highest BCUT2D eigenvalue weighted by Crippen LogP contribution is 2.16. The smallest absolute Gasteiger partial charge is 0.326 e. The molecule has 1 rings (SSSR count). The van der Waals surface area contributed by atoms with Crippen LogP contribution >= 0.6 is 0 Å². The summed E-state index contributed by atoms with van der Waals surface area (Å²) in [7, 11) is 0. The highest BCUT2D eigenvalue weighted by molar-refractivity contribution is 5.82. The van der Waals surface area contributed by atoms with Crippen molar-refractivity contribution in [3.05, 3.63) is 0 Å². The number of carboxylic acid groups (broad SMARTS) is 1. The van der Waals surface area contributed by atoms with Crippen molar-refractivity contribution in [3.63, 3.8) is 0 Å². The Morgan fingerprint density at radius 2 is 2.00 bits per heavy atom. The molecule has 5 N–H and O–H groups in total. The van der Waals surface area contributed by atoms with Gasteiger partial charge in [0.25, 0.3) is 0 Å². The van der Waals surface area contributed by atoms with Crippen molar-refractivity contribution >= 4 is 12.0 Å². The fraction of sp³-hybridized carbons (Fsp3) is 0.846. The lowest BCUT2D eigenvalue weighted by Gasteiger charge is -2.30. The minimum absolute atomic E-state index is 0.0358. The molecule has 6 nitrogen and oxygen atoms in total. The van der Waals surface area contributed by atoms with Crippen molar-refractivity contribution in [2.75, 3.05) is 0 Å². The first-order valence-corrected chi connectivity index (χ1v) is 7.01. The van der Waals surface area contributed by atoms with E-state index < -0.39 is 18.0 Å². The molecule has 0 radical (unpaired) electrons. The van der Waals surface area contributed by atoms with E-state index in [1.165, 1.54) is 0 Å². The quantitative estimate of drug-likeness (QED) is 0.600. The molecule has 1 aliphatic rings. The van der Waals surface area contributed by atoms with E-state index in [2.05, 4.69) is 10.6 Å². The summed E-state index contributed by atoms with van der Waals surface area (Å²) in [5.41, 5.74) is 5.95. The Bertz CT molecular complexity index is 322. The van der Waals surface area contributed by atoms with Gasteiger partial charge in [-0.1, -0.05) is 33.1 Å². The number of carbonyl (C=O) groups excluding carboxylic acids is 1. The first-order chi connectivity index (χ1) is 8.95. The normalized spacial score (nSPS) is 26.3. The zero-order chi connectivity index (χ0) is 14.4. The Labute approximate surface area is 114 Å². The zero-order valence-corrected chi connectivity index (χ0v) is 11.7. The molecule has 1 fully saturated rings. The molecule has 110 valence electrons. The number of carboxylic acids is 1. The van der Waals surface area contributed by atoms with Crippen LogP contribution in [-0.2, 0) is 4.79 Å². The lowest BCUT2D eigenvalue weighted by molar-refractivity contribution is -0.140. The summed E-state index contributed by atoms with van der Waals surface area (Å²) < 4.78 is 0. The predicted octanol–water partition coefficient (Wildman–Crippen LogP) is 1.05. The Balaban J connectivity index is 2.50. The number of urea groups is 1. The van der Waals surface area contributed by atoms with E-state index in [0.29, 0.717) is 6.42 Å². The van der Waals surface area contributed by atoms with Crippen LogP contribution in [0, 0.1) is 5.92 Å². The topological polar surface area (TPSA) is 104 Å². The minimum Gasteiger partial charge on any atom is -0.480 e. The molecule has 1 saturated carbocycles. The Morgan fingerprint density at radius 1 is 1.37 bits per heavy atom. The van der Waals surface area contributed by atoms with Crippen molar-refractivity contribution in [1.29, 1.82) is 0 Å². The molecule has 0 aromatic heterocycles. The van der Waals surface area contributed by atoms with E-state index >= 15 is 0 Å². The zero-order valence-electron chi connectivity index (χ0n) is 11.7. The van der Waals surface area contributed by atoms with Gasteiger partial charge in [0.2, 0.25) is 0 Å². The average Bonchev–Trinajstić information content (AvgIpc) is 2.37. The number of hydrogen-bond donors (Lipinski definition) is 4. The molecule has 0 bridgehead atoms. The van der Waals surface area contributed by atoms with Crippen molar-refractivity contribution in [3.8, 4) is 0 Å². The van der Waals surface area contributed by atoms with Crippen LogP contribution in [0.15, 0.2) is 0 Å². The highest BCUT2D eigenvalue weighted by atomic mass is 16.4. The maximum absolute atomic E-state index is 11.9. The van der Waals surface area contributed by atoms with Crippen molar-refractivity contribution < 1.29 is 14.7 Å². The number of aliphatic carboxylic acids is 1. The van der Waals surface area contributed by atoms with E-state index in [4.69, 9.17) is 10.8 Å². The summed E-state index contributed by atoms with van der Waals surface area (Å²) in [5.74, 6) is -1.11. The Kier molecular flexibility index (Phi) is 6.08. The van der Waals surface area contributed by atoms with Gasteiger partial charge in [-0.05, 0) is 18.8 Å². The third-order valence-corrected chi connectivity index (χ3v) is 3.90. The van der Waals surface area contributed by atoms with Crippen molar-refractivity contribution in [1.82, 2.24) is 10.6 Å². The second-order valence-corrected chi connectivity index (χ2v) is 5.37. The minimum atomic E-state index is -1.00. The number of rotatable bonds is 5. The molecular formula is C13H25N3O3. The number of amides is 2. The molecule has 2 unspecified atom stereocenters. The van der Waals surface area contributed by atoms with Crippen LogP contribution in [0.4, 0.5) is 4.79 Å². The van der Waals surface area contributed by atoms with Gasteiger partial charge < -0.3 is 21.5 Å². The van der Waals surface area contributed by atoms with Gasteiger partial charge in [0.1, 0.15) is 6.04 Å². The molecular weight excluding hydrogens is 246 g/mol. The molecule has 1 aliphatic carbocycles. The Morgan fingerprint density at radius 3 is 2.53 bits per heavy atom. The summed E-state index contributed by atoms with van der Waals surface area (Å²) >= 11 is 0. The van der Waals surface area contributed by atoms with Gasteiger partial charge in [0.15, 0.2) is 0 Å². The molecule has 0 spiro atoms. The van der Waals surface area contributed by atoms with Crippen molar-refractivity contribution in [2.45, 2.75) is 64.1 Å². The fourth-order valence-electron chi connectivity index (χ4n) is 2.37. The van der Waals surface area contributed by atoms with Crippen LogP contribution in [0.2, 0.25) is 0 Å². The van der Waals surface area contributed by atoms with E-state index in [-0.39, 0.29) is 18.0 Å². The lowest BCUT2D eigenvalue weighted by Crippen LogP contribution is -2.55. The summed E-state index contributed by atoms with van der Waals surface area (Å²) in [6.45, 7) is 3.71. The van der Waals surface area contributed by atoms with Gasteiger partial charge in [-0.15, -0.1) is 0 Å².